The second-order valence-electron chi connectivity index (χ2n) is 3.09. The van der Waals surface area contributed by atoms with Crippen LogP contribution >= 0.6 is 11.8 Å². The molecule has 1 aliphatic rings. The first-order valence-corrected chi connectivity index (χ1v) is 5.72. The number of hydrogen-bond acceptors (Lipinski definition) is 3. The second kappa shape index (κ2) is 5.87. The van der Waals surface area contributed by atoms with E-state index in [1.165, 1.54) is 0 Å². The molecule has 1 saturated heterocycles. The Labute approximate surface area is 82.9 Å². The maximum Gasteiger partial charge on any atom is 0.223 e. The molecule has 0 unspecified atom stereocenters. The van der Waals surface area contributed by atoms with Gasteiger partial charge in [-0.1, -0.05) is 0 Å². The van der Waals surface area contributed by atoms with E-state index in [0.717, 1.165) is 24.3 Å². The lowest BCUT2D eigenvalue weighted by molar-refractivity contribution is -0.125. The largest absolute Gasteiger partial charge is 0.355 e. The number of nitrogens with zero attached hydrogens (tertiary/aromatic N) is 1. The van der Waals surface area contributed by atoms with Crippen molar-refractivity contribution in [2.75, 3.05) is 18.1 Å². The van der Waals surface area contributed by atoms with E-state index < -0.39 is 0 Å². The number of hydrogen-bond donors (Lipinski definition) is 1. The Morgan fingerprint density at radius 2 is 2.23 bits per heavy atom. The zero-order valence-corrected chi connectivity index (χ0v) is 8.40. The van der Waals surface area contributed by atoms with Crippen LogP contribution in [-0.4, -0.2) is 24.0 Å². The molecule has 1 aliphatic heterocycles. The van der Waals surface area contributed by atoms with Crippen LogP contribution in [0.1, 0.15) is 19.3 Å². The van der Waals surface area contributed by atoms with Gasteiger partial charge in [-0.05, 0) is 24.3 Å². The van der Waals surface area contributed by atoms with Gasteiger partial charge in [0.2, 0.25) is 5.91 Å². The summed E-state index contributed by atoms with van der Waals surface area (Å²) >= 11 is 1.91. The molecular weight excluding hydrogens is 184 g/mol. The van der Waals surface area contributed by atoms with Gasteiger partial charge >= 0.3 is 0 Å². The number of carbonyl (C=O) groups is 1. The molecule has 0 aliphatic carbocycles. The SMILES string of the molecule is N#CCCNC(=O)C1CCSCC1. The minimum absolute atomic E-state index is 0.135. The van der Waals surface area contributed by atoms with Crippen molar-refractivity contribution in [2.45, 2.75) is 19.3 Å². The molecular formula is C9H14N2OS. The van der Waals surface area contributed by atoms with E-state index in [2.05, 4.69) is 5.32 Å². The fourth-order valence-corrected chi connectivity index (χ4v) is 2.45. The second-order valence-corrected chi connectivity index (χ2v) is 4.31. The molecule has 1 amide bonds. The summed E-state index contributed by atoms with van der Waals surface area (Å²) in [5, 5.41) is 11.1. The summed E-state index contributed by atoms with van der Waals surface area (Å²) in [5.74, 6) is 2.52. The van der Waals surface area contributed by atoms with Gasteiger partial charge in [-0.25, -0.2) is 0 Å². The maximum atomic E-state index is 11.4. The molecule has 3 nitrogen and oxygen atoms in total. The van der Waals surface area contributed by atoms with Gasteiger partial charge in [0.15, 0.2) is 0 Å². The van der Waals surface area contributed by atoms with Crippen molar-refractivity contribution in [1.82, 2.24) is 5.32 Å². The maximum absolute atomic E-state index is 11.4. The molecule has 4 heteroatoms. The first kappa shape index (κ1) is 10.4. The van der Waals surface area contributed by atoms with Crippen LogP contribution in [0.3, 0.4) is 0 Å². The monoisotopic (exact) mass is 198 g/mol. The van der Waals surface area contributed by atoms with Gasteiger partial charge in [-0.3, -0.25) is 4.79 Å². The Hall–Kier alpha value is -0.690. The van der Waals surface area contributed by atoms with Crippen LogP contribution in [0.4, 0.5) is 0 Å². The molecule has 0 aromatic carbocycles. The third kappa shape index (κ3) is 3.69. The Morgan fingerprint density at radius 3 is 2.85 bits per heavy atom. The summed E-state index contributed by atoms with van der Waals surface area (Å²) < 4.78 is 0. The first-order chi connectivity index (χ1) is 6.34. The Bertz CT molecular complexity index is 206. The van der Waals surface area contributed by atoms with Crippen LogP contribution in [0.25, 0.3) is 0 Å². The zero-order valence-electron chi connectivity index (χ0n) is 7.58. The van der Waals surface area contributed by atoms with E-state index >= 15 is 0 Å². The number of amides is 1. The average molecular weight is 198 g/mol. The molecule has 1 N–H and O–H groups in total. The van der Waals surface area contributed by atoms with Crippen molar-refractivity contribution in [3.8, 4) is 6.07 Å². The molecule has 0 aromatic rings. The first-order valence-electron chi connectivity index (χ1n) is 4.57. The average Bonchev–Trinajstić information content (AvgIpc) is 2.19. The third-order valence-electron chi connectivity index (χ3n) is 2.13. The van der Waals surface area contributed by atoms with Crippen LogP contribution in [-0.2, 0) is 4.79 Å². The Morgan fingerprint density at radius 1 is 1.54 bits per heavy atom. The van der Waals surface area contributed by atoms with Gasteiger partial charge in [0, 0.05) is 12.5 Å². The third-order valence-corrected chi connectivity index (χ3v) is 3.18. The van der Waals surface area contributed by atoms with Gasteiger partial charge in [-0.15, -0.1) is 0 Å². The van der Waals surface area contributed by atoms with Crippen LogP contribution in [0.15, 0.2) is 0 Å². The van der Waals surface area contributed by atoms with Crippen LogP contribution in [0.5, 0.6) is 0 Å². The van der Waals surface area contributed by atoms with Gasteiger partial charge in [0.05, 0.1) is 12.5 Å². The van der Waals surface area contributed by atoms with E-state index in [1.807, 2.05) is 17.8 Å². The topological polar surface area (TPSA) is 52.9 Å². The van der Waals surface area contributed by atoms with Crippen molar-refractivity contribution in [3.05, 3.63) is 0 Å². The van der Waals surface area contributed by atoms with Gasteiger partial charge in [0.25, 0.3) is 0 Å². The van der Waals surface area contributed by atoms with Gasteiger partial charge < -0.3 is 5.32 Å². The Balaban J connectivity index is 2.18. The smallest absolute Gasteiger partial charge is 0.223 e. The summed E-state index contributed by atoms with van der Waals surface area (Å²) in [5.41, 5.74) is 0. The van der Waals surface area contributed by atoms with Gasteiger partial charge in [0.1, 0.15) is 0 Å². The number of nitriles is 1. The quantitative estimate of drug-likeness (QED) is 0.692. The molecule has 0 aromatic heterocycles. The molecule has 0 saturated carbocycles. The van der Waals surface area contributed by atoms with E-state index in [1.54, 1.807) is 0 Å². The summed E-state index contributed by atoms with van der Waals surface area (Å²) in [4.78, 5) is 11.4. The lowest BCUT2D eigenvalue weighted by Gasteiger charge is -2.20. The van der Waals surface area contributed by atoms with E-state index in [9.17, 15) is 4.79 Å². The summed E-state index contributed by atoms with van der Waals surface area (Å²) in [7, 11) is 0. The van der Waals surface area contributed by atoms with E-state index in [0.29, 0.717) is 13.0 Å². The molecule has 72 valence electrons. The number of carbonyl (C=O) groups excluding carboxylic acids is 1. The summed E-state index contributed by atoms with van der Waals surface area (Å²) in [6, 6.07) is 2.01. The number of nitrogens with one attached hydrogen (secondary N) is 1. The highest BCUT2D eigenvalue weighted by Crippen LogP contribution is 2.22. The predicted molar refractivity (Wildman–Crippen MR) is 53.3 cm³/mol. The van der Waals surface area contributed by atoms with Crippen molar-refractivity contribution in [1.29, 1.82) is 5.26 Å². The zero-order chi connectivity index (χ0) is 9.52. The number of thioether (sulfide) groups is 1. The molecule has 1 fully saturated rings. The Kier molecular flexibility index (Phi) is 4.69. The lowest BCUT2D eigenvalue weighted by Crippen LogP contribution is -2.33. The van der Waals surface area contributed by atoms with Crippen molar-refractivity contribution >= 4 is 17.7 Å². The van der Waals surface area contributed by atoms with Gasteiger partial charge in [-0.2, -0.15) is 17.0 Å². The lowest BCUT2D eigenvalue weighted by atomic mass is 10.0. The van der Waals surface area contributed by atoms with E-state index in [-0.39, 0.29) is 11.8 Å². The highest BCUT2D eigenvalue weighted by atomic mass is 32.2. The number of rotatable bonds is 3. The molecule has 0 radical (unpaired) electrons. The fourth-order valence-electron chi connectivity index (χ4n) is 1.35. The molecule has 0 atom stereocenters. The van der Waals surface area contributed by atoms with Crippen LogP contribution in [0.2, 0.25) is 0 Å². The highest BCUT2D eigenvalue weighted by molar-refractivity contribution is 7.99. The molecule has 1 rings (SSSR count). The minimum Gasteiger partial charge on any atom is -0.355 e. The van der Waals surface area contributed by atoms with Crippen molar-refractivity contribution in [2.24, 2.45) is 5.92 Å². The fraction of sp³-hybridized carbons (Fsp3) is 0.778. The van der Waals surface area contributed by atoms with Crippen molar-refractivity contribution in [3.63, 3.8) is 0 Å². The normalized spacial score (nSPS) is 17.8. The van der Waals surface area contributed by atoms with Crippen LogP contribution < -0.4 is 5.32 Å². The summed E-state index contributed by atoms with van der Waals surface area (Å²) in [6.07, 6.45) is 2.39. The summed E-state index contributed by atoms with van der Waals surface area (Å²) in [6.45, 7) is 0.499. The predicted octanol–water partition coefficient (Wildman–Crippen LogP) is 1.16. The molecule has 0 spiro atoms. The van der Waals surface area contributed by atoms with E-state index in [4.69, 9.17) is 5.26 Å². The molecule has 1 heterocycles. The minimum atomic E-state index is 0.135. The van der Waals surface area contributed by atoms with Crippen LogP contribution in [0, 0.1) is 17.2 Å². The highest BCUT2D eigenvalue weighted by Gasteiger charge is 2.20. The van der Waals surface area contributed by atoms with Crippen molar-refractivity contribution < 1.29 is 4.79 Å². The standard InChI is InChI=1S/C9H14N2OS/c10-4-1-5-11-9(12)8-2-6-13-7-3-8/h8H,1-3,5-7H2,(H,11,12). The molecule has 13 heavy (non-hydrogen) atoms. The molecule has 0 bridgehead atoms.